The molecule has 0 spiro atoms. The van der Waals surface area contributed by atoms with E-state index < -0.39 is 28.5 Å². The highest BCUT2D eigenvalue weighted by atomic mass is 32.2. The number of amides is 1. The third kappa shape index (κ3) is 5.02. The standard InChI is InChI=1S/C25H24F2N4O3S/c1-15-8-13-20(14-16(15)2)35(33,34)30-19-11-9-18(10-12-19)24(32)28-17(3)23-29-21-6-4-5-7-22(21)31(23)25(26)27/h4-14,17,25,30H,1-3H3,(H,28,32). The van der Waals surface area contributed by atoms with Crippen LogP contribution in [0.5, 0.6) is 0 Å². The minimum Gasteiger partial charge on any atom is -0.342 e. The number of sulfonamides is 1. The van der Waals surface area contributed by atoms with Crippen molar-refractivity contribution in [3.63, 3.8) is 0 Å². The summed E-state index contributed by atoms with van der Waals surface area (Å²) in [5, 5.41) is 2.68. The lowest BCUT2D eigenvalue weighted by Crippen LogP contribution is -2.29. The van der Waals surface area contributed by atoms with Gasteiger partial charge in [-0.3, -0.25) is 14.1 Å². The third-order valence-corrected chi connectivity index (χ3v) is 7.12. The summed E-state index contributed by atoms with van der Waals surface area (Å²) < 4.78 is 56.1. The second-order valence-electron chi connectivity index (χ2n) is 8.23. The lowest BCUT2D eigenvalue weighted by molar-refractivity contribution is 0.0688. The van der Waals surface area contributed by atoms with Gasteiger partial charge in [-0.05, 0) is 80.4 Å². The number of anilines is 1. The fourth-order valence-electron chi connectivity index (χ4n) is 3.70. The summed E-state index contributed by atoms with van der Waals surface area (Å²) in [5.74, 6) is -0.471. The molecule has 7 nitrogen and oxygen atoms in total. The molecule has 0 aliphatic carbocycles. The van der Waals surface area contributed by atoms with Gasteiger partial charge in [0.2, 0.25) is 0 Å². The summed E-state index contributed by atoms with van der Waals surface area (Å²) in [6.45, 7) is 2.48. The predicted octanol–water partition coefficient (Wildman–Crippen LogP) is 5.34. The number of halogens is 2. The second kappa shape index (κ2) is 9.46. The van der Waals surface area contributed by atoms with Gasteiger partial charge in [-0.15, -0.1) is 0 Å². The molecule has 0 aliphatic heterocycles. The van der Waals surface area contributed by atoms with Gasteiger partial charge in [0.1, 0.15) is 5.82 Å². The van der Waals surface area contributed by atoms with Crippen LogP contribution in [-0.4, -0.2) is 23.9 Å². The molecule has 1 atom stereocenters. The van der Waals surface area contributed by atoms with Crippen LogP contribution >= 0.6 is 0 Å². The molecule has 2 N–H and O–H groups in total. The molecule has 35 heavy (non-hydrogen) atoms. The summed E-state index contributed by atoms with van der Waals surface area (Å²) in [6, 6.07) is 16.4. The van der Waals surface area contributed by atoms with Crippen molar-refractivity contribution in [3.05, 3.63) is 89.2 Å². The summed E-state index contributed by atoms with van der Waals surface area (Å²) in [4.78, 5) is 17.1. The van der Waals surface area contributed by atoms with Crippen molar-refractivity contribution in [1.29, 1.82) is 0 Å². The molecule has 10 heteroatoms. The highest BCUT2D eigenvalue weighted by Gasteiger charge is 2.23. The Morgan fingerprint density at radius 1 is 0.971 bits per heavy atom. The first-order chi connectivity index (χ1) is 16.6. The molecule has 4 aromatic rings. The van der Waals surface area contributed by atoms with E-state index in [0.29, 0.717) is 5.52 Å². The van der Waals surface area contributed by atoms with E-state index in [2.05, 4.69) is 15.0 Å². The van der Waals surface area contributed by atoms with Gasteiger partial charge in [0, 0.05) is 11.3 Å². The molecule has 0 bridgehead atoms. The Labute approximate surface area is 201 Å². The van der Waals surface area contributed by atoms with Crippen LogP contribution in [0.4, 0.5) is 14.5 Å². The minimum absolute atomic E-state index is 0.0346. The molecule has 182 valence electrons. The van der Waals surface area contributed by atoms with Crippen LogP contribution in [0.1, 0.15) is 46.8 Å². The van der Waals surface area contributed by atoms with E-state index in [-0.39, 0.29) is 27.5 Å². The molecule has 3 aromatic carbocycles. The number of rotatable bonds is 7. The van der Waals surface area contributed by atoms with Gasteiger partial charge in [0.05, 0.1) is 22.0 Å². The van der Waals surface area contributed by atoms with Gasteiger partial charge in [-0.2, -0.15) is 8.78 Å². The number of benzene rings is 3. The van der Waals surface area contributed by atoms with E-state index in [9.17, 15) is 22.0 Å². The van der Waals surface area contributed by atoms with E-state index in [1.165, 1.54) is 30.3 Å². The van der Waals surface area contributed by atoms with E-state index >= 15 is 0 Å². The molecule has 1 unspecified atom stereocenters. The van der Waals surface area contributed by atoms with Crippen molar-refractivity contribution in [2.75, 3.05) is 4.72 Å². The molecule has 1 amide bonds. The van der Waals surface area contributed by atoms with Crippen LogP contribution in [0.2, 0.25) is 0 Å². The van der Waals surface area contributed by atoms with Gasteiger partial charge in [0.25, 0.3) is 15.9 Å². The quantitative estimate of drug-likeness (QED) is 0.360. The van der Waals surface area contributed by atoms with Crippen molar-refractivity contribution in [1.82, 2.24) is 14.9 Å². The van der Waals surface area contributed by atoms with E-state index in [1.54, 1.807) is 43.3 Å². The van der Waals surface area contributed by atoms with Gasteiger partial charge in [0.15, 0.2) is 0 Å². The maximum Gasteiger partial charge on any atom is 0.320 e. The van der Waals surface area contributed by atoms with E-state index in [4.69, 9.17) is 0 Å². The number of carbonyl (C=O) groups excluding carboxylic acids is 1. The molecule has 0 fully saturated rings. The van der Waals surface area contributed by atoms with Crippen molar-refractivity contribution >= 4 is 32.7 Å². The fraction of sp³-hybridized carbons (Fsp3) is 0.200. The average Bonchev–Trinajstić information content (AvgIpc) is 3.21. The topological polar surface area (TPSA) is 93.1 Å². The lowest BCUT2D eigenvalue weighted by Gasteiger charge is -2.16. The number of imidazole rings is 1. The van der Waals surface area contributed by atoms with E-state index in [0.717, 1.165) is 15.7 Å². The zero-order valence-electron chi connectivity index (χ0n) is 19.3. The van der Waals surface area contributed by atoms with Crippen LogP contribution in [0.25, 0.3) is 11.0 Å². The maximum absolute atomic E-state index is 13.7. The Morgan fingerprint density at radius 2 is 1.66 bits per heavy atom. The number of hydrogen-bond acceptors (Lipinski definition) is 4. The fourth-order valence-corrected chi connectivity index (χ4v) is 4.85. The number of nitrogens with zero attached hydrogens (tertiary/aromatic N) is 2. The molecule has 0 radical (unpaired) electrons. The number of nitrogens with one attached hydrogen (secondary N) is 2. The molecule has 0 saturated carbocycles. The minimum atomic E-state index is -3.80. The van der Waals surface area contributed by atoms with Crippen molar-refractivity contribution in [3.8, 4) is 0 Å². The number of fused-ring (bicyclic) bond motifs is 1. The number of hydrogen-bond donors (Lipinski definition) is 2. The maximum atomic E-state index is 13.7. The Bertz CT molecular complexity index is 1500. The summed E-state index contributed by atoms with van der Waals surface area (Å²) in [7, 11) is -3.80. The third-order valence-electron chi connectivity index (χ3n) is 5.74. The number of alkyl halides is 2. The van der Waals surface area contributed by atoms with Crippen LogP contribution in [-0.2, 0) is 10.0 Å². The van der Waals surface area contributed by atoms with Crippen molar-refractivity contribution in [2.45, 2.75) is 38.3 Å². The molecular formula is C25H24F2N4O3S. The molecule has 0 saturated heterocycles. The first kappa shape index (κ1) is 24.3. The Balaban J connectivity index is 1.49. The zero-order valence-corrected chi connectivity index (χ0v) is 20.1. The highest BCUT2D eigenvalue weighted by Crippen LogP contribution is 2.27. The molecular weight excluding hydrogens is 474 g/mol. The van der Waals surface area contributed by atoms with Crippen LogP contribution in [0.15, 0.2) is 71.6 Å². The smallest absolute Gasteiger partial charge is 0.320 e. The number of carbonyl (C=O) groups is 1. The molecule has 0 aliphatic rings. The first-order valence-electron chi connectivity index (χ1n) is 10.8. The lowest BCUT2D eigenvalue weighted by atomic mass is 10.1. The number of aromatic nitrogens is 2. The average molecular weight is 499 g/mol. The van der Waals surface area contributed by atoms with E-state index in [1.807, 2.05) is 13.8 Å². The number of para-hydroxylation sites is 2. The number of aryl methyl sites for hydroxylation is 2. The Hall–Kier alpha value is -3.79. The summed E-state index contributed by atoms with van der Waals surface area (Å²) >= 11 is 0. The predicted molar refractivity (Wildman–Crippen MR) is 130 cm³/mol. The normalized spacial score (nSPS) is 12.6. The SMILES string of the molecule is Cc1ccc(S(=O)(=O)Nc2ccc(C(=O)NC(C)c3nc4ccccc4n3C(F)F)cc2)cc1C. The Morgan fingerprint density at radius 3 is 2.31 bits per heavy atom. The van der Waals surface area contributed by atoms with Gasteiger partial charge < -0.3 is 5.32 Å². The van der Waals surface area contributed by atoms with Gasteiger partial charge >= 0.3 is 6.55 Å². The summed E-state index contributed by atoms with van der Waals surface area (Å²) in [6.07, 6.45) is 0. The largest absolute Gasteiger partial charge is 0.342 e. The summed E-state index contributed by atoms with van der Waals surface area (Å²) in [5.41, 5.74) is 3.05. The zero-order chi connectivity index (χ0) is 25.3. The molecule has 1 heterocycles. The van der Waals surface area contributed by atoms with Gasteiger partial charge in [-0.25, -0.2) is 13.4 Å². The van der Waals surface area contributed by atoms with Gasteiger partial charge in [-0.1, -0.05) is 18.2 Å². The van der Waals surface area contributed by atoms with Crippen molar-refractivity contribution < 1.29 is 22.0 Å². The first-order valence-corrected chi connectivity index (χ1v) is 12.3. The van der Waals surface area contributed by atoms with Crippen LogP contribution < -0.4 is 10.0 Å². The second-order valence-corrected chi connectivity index (χ2v) is 9.91. The van der Waals surface area contributed by atoms with Crippen LogP contribution in [0.3, 0.4) is 0 Å². The van der Waals surface area contributed by atoms with Crippen molar-refractivity contribution in [2.24, 2.45) is 0 Å². The molecule has 4 rings (SSSR count). The highest BCUT2D eigenvalue weighted by molar-refractivity contribution is 7.92. The Kier molecular flexibility index (Phi) is 6.58. The van der Waals surface area contributed by atoms with Crippen LogP contribution in [0, 0.1) is 13.8 Å². The monoisotopic (exact) mass is 498 g/mol. The molecule has 1 aromatic heterocycles.